The molecule has 1 nitrogen and oxygen atoms in total. The first-order chi connectivity index (χ1) is 8.07. The number of aliphatic hydroxyl groups excluding tert-OH is 1. The largest absolute Gasteiger partial charge is 0.388 e. The van der Waals surface area contributed by atoms with Crippen molar-refractivity contribution in [3.63, 3.8) is 0 Å². The lowest BCUT2D eigenvalue weighted by atomic mass is 9.95. The first-order valence-corrected chi connectivity index (χ1v) is 6.53. The van der Waals surface area contributed by atoms with Crippen LogP contribution in [0.3, 0.4) is 0 Å². The maximum atomic E-state index is 14.2. The van der Waals surface area contributed by atoms with Crippen molar-refractivity contribution < 1.29 is 9.50 Å². The lowest BCUT2D eigenvalue weighted by Gasteiger charge is -2.17. The van der Waals surface area contributed by atoms with Crippen LogP contribution in [0.1, 0.15) is 57.3 Å². The number of rotatable bonds is 6. The Labute approximate surface area is 104 Å². The van der Waals surface area contributed by atoms with Crippen LogP contribution in [0.5, 0.6) is 0 Å². The summed E-state index contributed by atoms with van der Waals surface area (Å²) in [4.78, 5) is 0. The van der Waals surface area contributed by atoms with E-state index in [1.165, 1.54) is 0 Å². The van der Waals surface area contributed by atoms with E-state index in [-0.39, 0.29) is 11.7 Å². The average Bonchev–Trinajstić information content (AvgIpc) is 2.30. The predicted octanol–water partition coefficient (Wildman–Crippen LogP) is 4.25. The van der Waals surface area contributed by atoms with Crippen LogP contribution in [0.25, 0.3) is 0 Å². The minimum Gasteiger partial charge on any atom is -0.388 e. The average molecular weight is 238 g/mol. The van der Waals surface area contributed by atoms with Gasteiger partial charge in [0.25, 0.3) is 0 Å². The monoisotopic (exact) mass is 238 g/mol. The van der Waals surface area contributed by atoms with Crippen molar-refractivity contribution in [3.8, 4) is 0 Å². The van der Waals surface area contributed by atoms with Crippen molar-refractivity contribution in [3.05, 3.63) is 35.1 Å². The van der Waals surface area contributed by atoms with Crippen molar-refractivity contribution >= 4 is 0 Å². The van der Waals surface area contributed by atoms with Gasteiger partial charge in [-0.25, -0.2) is 4.39 Å². The number of unbranched alkanes of at least 4 members (excludes halogenated alkanes) is 2. The molecule has 0 aliphatic rings. The molecule has 0 fully saturated rings. The summed E-state index contributed by atoms with van der Waals surface area (Å²) in [6.45, 7) is 5.93. The smallest absolute Gasteiger partial charge is 0.132 e. The molecule has 1 rings (SSSR count). The SMILES string of the molecule is CCCCCc1cccc(C(O)C(C)C)c1F. The lowest BCUT2D eigenvalue weighted by molar-refractivity contribution is 0.122. The van der Waals surface area contributed by atoms with Crippen molar-refractivity contribution in [2.75, 3.05) is 0 Å². The molecule has 1 atom stereocenters. The first-order valence-electron chi connectivity index (χ1n) is 6.53. The Morgan fingerprint density at radius 3 is 2.53 bits per heavy atom. The van der Waals surface area contributed by atoms with E-state index in [0.29, 0.717) is 5.56 Å². The van der Waals surface area contributed by atoms with Gasteiger partial charge in [0.2, 0.25) is 0 Å². The molecule has 0 aliphatic carbocycles. The van der Waals surface area contributed by atoms with Gasteiger partial charge in [-0.15, -0.1) is 0 Å². The van der Waals surface area contributed by atoms with E-state index in [2.05, 4.69) is 6.92 Å². The van der Waals surface area contributed by atoms with Crippen LogP contribution in [0.15, 0.2) is 18.2 Å². The highest BCUT2D eigenvalue weighted by Crippen LogP contribution is 2.26. The zero-order valence-corrected chi connectivity index (χ0v) is 11.0. The topological polar surface area (TPSA) is 20.2 Å². The Hall–Kier alpha value is -0.890. The lowest BCUT2D eigenvalue weighted by Crippen LogP contribution is -2.09. The molecule has 0 aliphatic heterocycles. The maximum absolute atomic E-state index is 14.2. The molecule has 0 heterocycles. The molecule has 1 N–H and O–H groups in total. The van der Waals surface area contributed by atoms with Gasteiger partial charge in [-0.05, 0) is 24.3 Å². The van der Waals surface area contributed by atoms with Crippen LogP contribution in [-0.4, -0.2) is 5.11 Å². The molecule has 0 aromatic heterocycles. The van der Waals surface area contributed by atoms with Gasteiger partial charge in [0.1, 0.15) is 5.82 Å². The van der Waals surface area contributed by atoms with Gasteiger partial charge >= 0.3 is 0 Å². The summed E-state index contributed by atoms with van der Waals surface area (Å²) >= 11 is 0. The number of halogens is 1. The van der Waals surface area contributed by atoms with Crippen molar-refractivity contribution in [1.82, 2.24) is 0 Å². The highest BCUT2D eigenvalue weighted by atomic mass is 19.1. The van der Waals surface area contributed by atoms with E-state index in [4.69, 9.17) is 0 Å². The van der Waals surface area contributed by atoms with Gasteiger partial charge in [-0.1, -0.05) is 51.8 Å². The van der Waals surface area contributed by atoms with Crippen molar-refractivity contribution in [1.29, 1.82) is 0 Å². The van der Waals surface area contributed by atoms with Crippen molar-refractivity contribution in [2.24, 2.45) is 5.92 Å². The van der Waals surface area contributed by atoms with Crippen LogP contribution in [0.4, 0.5) is 4.39 Å². The molecule has 0 amide bonds. The van der Waals surface area contributed by atoms with Crippen LogP contribution in [0.2, 0.25) is 0 Å². The van der Waals surface area contributed by atoms with E-state index in [0.717, 1.165) is 31.2 Å². The summed E-state index contributed by atoms with van der Waals surface area (Å²) in [5, 5.41) is 9.93. The Bertz CT molecular complexity index is 347. The fourth-order valence-electron chi connectivity index (χ4n) is 1.95. The third kappa shape index (κ3) is 3.81. The summed E-state index contributed by atoms with van der Waals surface area (Å²) < 4.78 is 14.2. The standard InChI is InChI=1S/C15H23FO/c1-4-5-6-8-12-9-7-10-13(14(12)16)15(17)11(2)3/h7,9-11,15,17H,4-6,8H2,1-3H3. The Morgan fingerprint density at radius 2 is 1.94 bits per heavy atom. The molecule has 0 bridgehead atoms. The highest BCUT2D eigenvalue weighted by molar-refractivity contribution is 5.28. The van der Waals surface area contributed by atoms with Crippen LogP contribution >= 0.6 is 0 Å². The quantitative estimate of drug-likeness (QED) is 0.735. The van der Waals surface area contributed by atoms with E-state index in [9.17, 15) is 9.50 Å². The molecule has 96 valence electrons. The zero-order valence-electron chi connectivity index (χ0n) is 11.0. The maximum Gasteiger partial charge on any atom is 0.132 e. The van der Waals surface area contributed by atoms with Gasteiger partial charge in [0.05, 0.1) is 6.10 Å². The van der Waals surface area contributed by atoms with E-state index >= 15 is 0 Å². The van der Waals surface area contributed by atoms with E-state index < -0.39 is 6.10 Å². The molecule has 0 radical (unpaired) electrons. The van der Waals surface area contributed by atoms with Crippen LogP contribution in [-0.2, 0) is 6.42 Å². The number of hydrogen-bond acceptors (Lipinski definition) is 1. The van der Waals surface area contributed by atoms with Crippen LogP contribution < -0.4 is 0 Å². The molecule has 1 aromatic rings. The van der Waals surface area contributed by atoms with Crippen molar-refractivity contribution in [2.45, 2.75) is 52.6 Å². The van der Waals surface area contributed by atoms with E-state index in [1.54, 1.807) is 6.07 Å². The van der Waals surface area contributed by atoms with Gasteiger partial charge in [0, 0.05) is 5.56 Å². The Kier molecular flexibility index (Phi) is 5.63. The third-order valence-electron chi connectivity index (χ3n) is 3.11. The second-order valence-electron chi connectivity index (χ2n) is 4.97. The second kappa shape index (κ2) is 6.75. The summed E-state index contributed by atoms with van der Waals surface area (Å²) in [7, 11) is 0. The summed E-state index contributed by atoms with van der Waals surface area (Å²) in [5.74, 6) is -0.180. The number of aryl methyl sites for hydroxylation is 1. The highest BCUT2D eigenvalue weighted by Gasteiger charge is 2.18. The molecular weight excluding hydrogens is 215 g/mol. The second-order valence-corrected chi connectivity index (χ2v) is 4.97. The Morgan fingerprint density at radius 1 is 1.24 bits per heavy atom. The van der Waals surface area contributed by atoms with Gasteiger partial charge in [-0.3, -0.25) is 0 Å². The minimum absolute atomic E-state index is 0.0374. The number of hydrogen-bond donors (Lipinski definition) is 1. The van der Waals surface area contributed by atoms with Crippen LogP contribution in [0, 0.1) is 11.7 Å². The van der Waals surface area contributed by atoms with Gasteiger partial charge in [-0.2, -0.15) is 0 Å². The molecule has 0 spiro atoms. The Balaban J connectivity index is 2.83. The fourth-order valence-corrected chi connectivity index (χ4v) is 1.95. The first kappa shape index (κ1) is 14.2. The summed E-state index contributed by atoms with van der Waals surface area (Å²) in [5.41, 5.74) is 1.17. The normalized spacial score (nSPS) is 13.1. The molecular formula is C15H23FO. The van der Waals surface area contributed by atoms with Gasteiger partial charge in [0.15, 0.2) is 0 Å². The molecule has 1 unspecified atom stereocenters. The van der Waals surface area contributed by atoms with E-state index in [1.807, 2.05) is 26.0 Å². The fraction of sp³-hybridized carbons (Fsp3) is 0.600. The number of aliphatic hydroxyl groups is 1. The molecule has 0 saturated heterocycles. The van der Waals surface area contributed by atoms with Gasteiger partial charge < -0.3 is 5.11 Å². The third-order valence-corrected chi connectivity index (χ3v) is 3.11. The number of benzene rings is 1. The summed E-state index contributed by atoms with van der Waals surface area (Å²) in [6.07, 6.45) is 3.32. The zero-order chi connectivity index (χ0) is 12.8. The predicted molar refractivity (Wildman–Crippen MR) is 69.4 cm³/mol. The minimum atomic E-state index is -0.707. The summed E-state index contributed by atoms with van der Waals surface area (Å²) in [6, 6.07) is 5.34. The molecule has 17 heavy (non-hydrogen) atoms. The molecule has 1 aromatic carbocycles. The molecule has 0 saturated carbocycles. The molecule has 2 heteroatoms.